The minimum absolute atomic E-state index is 0.0187. The molecular weight excluding hydrogens is 406 g/mol. The first-order valence-electron chi connectivity index (χ1n) is 10.4. The number of carbonyl (C=O) groups is 1. The Morgan fingerprint density at radius 3 is 2.75 bits per heavy atom. The summed E-state index contributed by atoms with van der Waals surface area (Å²) in [6, 6.07) is 11.1. The van der Waals surface area contributed by atoms with Crippen LogP contribution in [0.2, 0.25) is 0 Å². The Kier molecular flexibility index (Phi) is 6.42. The number of fused-ring (bicyclic) bond motifs is 1. The van der Waals surface area contributed by atoms with Gasteiger partial charge in [-0.1, -0.05) is 12.1 Å². The van der Waals surface area contributed by atoms with Gasteiger partial charge in [0.1, 0.15) is 0 Å². The minimum atomic E-state index is -0.263. The monoisotopic (exact) mass is 431 g/mol. The average Bonchev–Trinajstić information content (AvgIpc) is 3.26. The number of benzene rings is 1. The quantitative estimate of drug-likeness (QED) is 0.450. The van der Waals surface area contributed by atoms with E-state index in [0.717, 1.165) is 16.5 Å². The van der Waals surface area contributed by atoms with Gasteiger partial charge in [0.2, 0.25) is 5.88 Å². The number of amides is 1. The zero-order valence-corrected chi connectivity index (χ0v) is 18.3. The molecule has 0 saturated carbocycles. The Morgan fingerprint density at radius 1 is 1.12 bits per heavy atom. The van der Waals surface area contributed by atoms with Crippen molar-refractivity contribution in [2.45, 2.75) is 26.5 Å². The molecule has 4 rings (SSSR count). The molecule has 8 nitrogen and oxygen atoms in total. The molecule has 0 aliphatic heterocycles. The lowest BCUT2D eigenvalue weighted by Gasteiger charge is -2.11. The van der Waals surface area contributed by atoms with Gasteiger partial charge in [0.25, 0.3) is 5.91 Å². The van der Waals surface area contributed by atoms with Crippen LogP contribution in [0.3, 0.4) is 0 Å². The van der Waals surface area contributed by atoms with E-state index in [4.69, 9.17) is 9.47 Å². The van der Waals surface area contributed by atoms with Crippen molar-refractivity contribution in [3.8, 4) is 17.0 Å². The number of nitrogens with zero attached hydrogens (tertiary/aromatic N) is 4. The molecule has 1 N–H and O–H groups in total. The van der Waals surface area contributed by atoms with Gasteiger partial charge in [-0.2, -0.15) is 5.10 Å². The van der Waals surface area contributed by atoms with Crippen molar-refractivity contribution in [2.24, 2.45) is 0 Å². The van der Waals surface area contributed by atoms with Crippen molar-refractivity contribution in [3.05, 3.63) is 66.7 Å². The molecule has 3 heterocycles. The molecule has 0 fully saturated rings. The van der Waals surface area contributed by atoms with Gasteiger partial charge in [0.15, 0.2) is 0 Å². The number of carbonyl (C=O) groups excluding carboxylic acids is 1. The highest BCUT2D eigenvalue weighted by molar-refractivity contribution is 6.10. The number of rotatable bonds is 8. The molecule has 0 saturated heterocycles. The van der Waals surface area contributed by atoms with E-state index in [1.165, 1.54) is 6.20 Å². The third kappa shape index (κ3) is 4.76. The number of anilines is 1. The summed E-state index contributed by atoms with van der Waals surface area (Å²) >= 11 is 0. The first-order valence-corrected chi connectivity index (χ1v) is 10.4. The van der Waals surface area contributed by atoms with Gasteiger partial charge in [0.05, 0.1) is 42.2 Å². The molecule has 1 amide bonds. The largest absolute Gasteiger partial charge is 0.475 e. The summed E-state index contributed by atoms with van der Waals surface area (Å²) in [7, 11) is 1.67. The third-order valence-electron chi connectivity index (χ3n) is 4.84. The standard InChI is InChI=1S/C24H25N5O3/c1-16(2)32-22-8-7-17(13-26-22)24(30)28-21-6-4-5-20-19(9-10-25-23(20)21)18-14-27-29(15-18)11-12-31-3/h4-10,13-16H,11-12H2,1-3H3,(H,28,30). The van der Waals surface area contributed by atoms with Gasteiger partial charge < -0.3 is 14.8 Å². The fourth-order valence-corrected chi connectivity index (χ4v) is 3.36. The predicted octanol–water partition coefficient (Wildman–Crippen LogP) is 4.18. The topological polar surface area (TPSA) is 91.2 Å². The van der Waals surface area contributed by atoms with Crippen LogP contribution in [0.15, 0.2) is 61.2 Å². The van der Waals surface area contributed by atoms with Crippen LogP contribution in [0.5, 0.6) is 5.88 Å². The second-order valence-corrected chi connectivity index (χ2v) is 7.55. The van der Waals surface area contributed by atoms with Gasteiger partial charge in [-0.3, -0.25) is 14.5 Å². The molecule has 0 bridgehead atoms. The Balaban J connectivity index is 1.59. The second kappa shape index (κ2) is 9.57. The maximum atomic E-state index is 12.8. The minimum Gasteiger partial charge on any atom is -0.475 e. The number of hydrogen-bond acceptors (Lipinski definition) is 6. The second-order valence-electron chi connectivity index (χ2n) is 7.55. The van der Waals surface area contributed by atoms with Crippen LogP contribution < -0.4 is 10.1 Å². The molecule has 1 aromatic carbocycles. The molecule has 4 aromatic rings. The Labute approximate surface area is 186 Å². The maximum Gasteiger partial charge on any atom is 0.257 e. The molecule has 3 aromatic heterocycles. The Bertz CT molecular complexity index is 1220. The van der Waals surface area contributed by atoms with Crippen LogP contribution in [0.25, 0.3) is 22.0 Å². The molecule has 0 atom stereocenters. The van der Waals surface area contributed by atoms with E-state index in [2.05, 4.69) is 20.4 Å². The van der Waals surface area contributed by atoms with Crippen molar-refractivity contribution >= 4 is 22.5 Å². The summed E-state index contributed by atoms with van der Waals surface area (Å²) in [5, 5.41) is 8.28. The number of para-hydroxylation sites is 1. The van der Waals surface area contributed by atoms with E-state index >= 15 is 0 Å². The van der Waals surface area contributed by atoms with Crippen LogP contribution in [0, 0.1) is 0 Å². The smallest absolute Gasteiger partial charge is 0.257 e. The summed E-state index contributed by atoms with van der Waals surface area (Å²) in [4.78, 5) is 21.5. The van der Waals surface area contributed by atoms with Crippen LogP contribution in [0.1, 0.15) is 24.2 Å². The van der Waals surface area contributed by atoms with Crippen molar-refractivity contribution in [2.75, 3.05) is 19.0 Å². The van der Waals surface area contributed by atoms with E-state index in [0.29, 0.717) is 35.8 Å². The molecule has 32 heavy (non-hydrogen) atoms. The van der Waals surface area contributed by atoms with Crippen molar-refractivity contribution in [3.63, 3.8) is 0 Å². The zero-order valence-electron chi connectivity index (χ0n) is 18.3. The highest BCUT2D eigenvalue weighted by atomic mass is 16.5. The molecule has 0 radical (unpaired) electrons. The maximum absolute atomic E-state index is 12.8. The summed E-state index contributed by atoms with van der Waals surface area (Å²) in [5.41, 5.74) is 3.74. The van der Waals surface area contributed by atoms with E-state index in [1.54, 1.807) is 25.4 Å². The number of nitrogens with one attached hydrogen (secondary N) is 1. The molecule has 0 spiro atoms. The summed E-state index contributed by atoms with van der Waals surface area (Å²) in [5.74, 6) is 0.222. The van der Waals surface area contributed by atoms with Gasteiger partial charge in [-0.05, 0) is 37.6 Å². The van der Waals surface area contributed by atoms with Crippen molar-refractivity contribution < 1.29 is 14.3 Å². The number of methoxy groups -OCH3 is 1. The Morgan fingerprint density at radius 2 is 2.00 bits per heavy atom. The molecular formula is C24H25N5O3. The number of pyridine rings is 2. The molecule has 164 valence electrons. The fourth-order valence-electron chi connectivity index (χ4n) is 3.36. The first kappa shape index (κ1) is 21.5. The van der Waals surface area contributed by atoms with Crippen LogP contribution in [-0.2, 0) is 11.3 Å². The highest BCUT2D eigenvalue weighted by Gasteiger charge is 2.13. The van der Waals surface area contributed by atoms with E-state index in [1.807, 2.05) is 55.2 Å². The van der Waals surface area contributed by atoms with Crippen molar-refractivity contribution in [1.29, 1.82) is 0 Å². The molecule has 8 heteroatoms. The highest BCUT2D eigenvalue weighted by Crippen LogP contribution is 2.31. The summed E-state index contributed by atoms with van der Waals surface area (Å²) < 4.78 is 12.5. The van der Waals surface area contributed by atoms with Gasteiger partial charge >= 0.3 is 0 Å². The number of hydrogen-bond donors (Lipinski definition) is 1. The van der Waals surface area contributed by atoms with Crippen molar-refractivity contribution in [1.82, 2.24) is 19.7 Å². The molecule has 0 aliphatic carbocycles. The number of ether oxygens (including phenoxy) is 2. The predicted molar refractivity (Wildman–Crippen MR) is 123 cm³/mol. The van der Waals surface area contributed by atoms with E-state index in [9.17, 15) is 4.79 Å². The lowest BCUT2D eigenvalue weighted by atomic mass is 10.0. The average molecular weight is 431 g/mol. The lowest BCUT2D eigenvalue weighted by molar-refractivity contribution is 0.102. The summed E-state index contributed by atoms with van der Waals surface area (Å²) in [6.07, 6.45) is 7.06. The molecule has 0 aliphatic rings. The van der Waals surface area contributed by atoms with Crippen LogP contribution in [-0.4, -0.2) is 45.5 Å². The van der Waals surface area contributed by atoms with Gasteiger partial charge in [-0.25, -0.2) is 4.98 Å². The third-order valence-corrected chi connectivity index (χ3v) is 4.84. The lowest BCUT2D eigenvalue weighted by Crippen LogP contribution is -2.13. The van der Waals surface area contributed by atoms with Crippen LogP contribution in [0.4, 0.5) is 5.69 Å². The normalized spacial score (nSPS) is 11.1. The Hall–Kier alpha value is -3.78. The first-order chi connectivity index (χ1) is 15.5. The SMILES string of the molecule is COCCn1cc(-c2ccnc3c(NC(=O)c4ccc(OC(C)C)nc4)cccc23)cn1. The summed E-state index contributed by atoms with van der Waals surface area (Å²) in [6.45, 7) is 5.12. The number of aromatic nitrogens is 4. The fraction of sp³-hybridized carbons (Fsp3) is 0.250. The molecule has 0 unspecified atom stereocenters. The van der Waals surface area contributed by atoms with Gasteiger partial charge in [0, 0.05) is 42.7 Å². The van der Waals surface area contributed by atoms with Crippen LogP contribution >= 0.6 is 0 Å². The van der Waals surface area contributed by atoms with Gasteiger partial charge in [-0.15, -0.1) is 0 Å². The van der Waals surface area contributed by atoms with E-state index < -0.39 is 0 Å². The van der Waals surface area contributed by atoms with E-state index in [-0.39, 0.29) is 12.0 Å². The zero-order chi connectivity index (χ0) is 22.5.